The number of nitrogens with zero attached hydrogens (tertiary/aromatic N) is 2. The fraction of sp³-hybridized carbons (Fsp3) is 0.545. The van der Waals surface area contributed by atoms with E-state index < -0.39 is 5.97 Å². The van der Waals surface area contributed by atoms with Crippen LogP contribution in [0.1, 0.15) is 25.0 Å². The molecule has 94 valence electrons. The predicted octanol–water partition coefficient (Wildman–Crippen LogP) is 0.334. The van der Waals surface area contributed by atoms with Gasteiger partial charge < -0.3 is 10.4 Å². The molecule has 0 saturated heterocycles. The fourth-order valence-corrected chi connectivity index (χ4v) is 1.47. The lowest BCUT2D eigenvalue weighted by Crippen LogP contribution is -2.26. The quantitative estimate of drug-likeness (QED) is 0.718. The third kappa shape index (κ3) is 5.14. The second-order valence-corrected chi connectivity index (χ2v) is 3.79. The highest BCUT2D eigenvalue weighted by atomic mass is 16.4. The van der Waals surface area contributed by atoms with Gasteiger partial charge in [0.15, 0.2) is 0 Å². The molecule has 0 unspecified atom stereocenters. The van der Waals surface area contributed by atoms with Gasteiger partial charge in [-0.1, -0.05) is 0 Å². The van der Waals surface area contributed by atoms with Gasteiger partial charge in [-0.05, 0) is 12.5 Å². The molecule has 1 amide bonds. The van der Waals surface area contributed by atoms with Crippen LogP contribution in [-0.4, -0.2) is 33.3 Å². The van der Waals surface area contributed by atoms with Crippen LogP contribution in [-0.2, 0) is 23.1 Å². The van der Waals surface area contributed by atoms with Crippen molar-refractivity contribution < 1.29 is 14.7 Å². The Morgan fingerprint density at radius 1 is 1.47 bits per heavy atom. The van der Waals surface area contributed by atoms with Crippen LogP contribution in [0.5, 0.6) is 0 Å². The minimum Gasteiger partial charge on any atom is -0.481 e. The van der Waals surface area contributed by atoms with Crippen molar-refractivity contribution in [2.24, 2.45) is 7.05 Å². The lowest BCUT2D eigenvalue weighted by molar-refractivity contribution is -0.137. The molecular weight excluding hydrogens is 222 g/mol. The van der Waals surface area contributed by atoms with Gasteiger partial charge in [0.05, 0.1) is 0 Å². The molecule has 6 heteroatoms. The number of aromatic nitrogens is 2. The Morgan fingerprint density at radius 3 is 2.82 bits per heavy atom. The lowest BCUT2D eigenvalue weighted by atomic mass is 10.2. The zero-order valence-corrected chi connectivity index (χ0v) is 9.85. The minimum atomic E-state index is -0.868. The van der Waals surface area contributed by atoms with Crippen molar-refractivity contribution >= 4 is 11.9 Å². The van der Waals surface area contributed by atoms with Gasteiger partial charge in [0.25, 0.3) is 0 Å². The normalized spacial score (nSPS) is 10.2. The number of aryl methyl sites for hydroxylation is 1. The number of amides is 1. The van der Waals surface area contributed by atoms with Crippen molar-refractivity contribution in [1.82, 2.24) is 15.1 Å². The average Bonchev–Trinajstić information content (AvgIpc) is 2.64. The summed E-state index contributed by atoms with van der Waals surface area (Å²) in [5, 5.41) is 15.2. The van der Waals surface area contributed by atoms with Gasteiger partial charge in [-0.15, -0.1) is 0 Å². The molecule has 6 nitrogen and oxygen atoms in total. The van der Waals surface area contributed by atoms with Crippen LogP contribution in [0.15, 0.2) is 12.3 Å². The molecule has 0 radical (unpaired) electrons. The van der Waals surface area contributed by atoms with Crippen LogP contribution in [0.3, 0.4) is 0 Å². The average molecular weight is 239 g/mol. The standard InChI is InChI=1S/C11H17N3O3/c1-14-9(6-8-13-14)5-7-12-10(15)3-2-4-11(16)17/h6,8H,2-5,7H2,1H3,(H,12,15)(H,16,17). The second kappa shape index (κ2) is 6.67. The van der Waals surface area contributed by atoms with Crippen molar-refractivity contribution in [2.45, 2.75) is 25.7 Å². The largest absolute Gasteiger partial charge is 0.481 e. The summed E-state index contributed by atoms with van der Waals surface area (Å²) in [6.45, 7) is 0.547. The number of carbonyl (C=O) groups excluding carboxylic acids is 1. The summed E-state index contributed by atoms with van der Waals surface area (Å²) in [5.41, 5.74) is 1.05. The smallest absolute Gasteiger partial charge is 0.303 e. The van der Waals surface area contributed by atoms with Gasteiger partial charge in [-0.25, -0.2) is 0 Å². The van der Waals surface area contributed by atoms with Gasteiger partial charge in [0.1, 0.15) is 0 Å². The molecule has 0 saturated carbocycles. The Hall–Kier alpha value is -1.85. The van der Waals surface area contributed by atoms with Crippen molar-refractivity contribution in [3.8, 4) is 0 Å². The van der Waals surface area contributed by atoms with Gasteiger partial charge in [0.2, 0.25) is 5.91 Å². The maximum atomic E-state index is 11.3. The number of carbonyl (C=O) groups is 2. The Labute approximate surface area is 99.6 Å². The molecule has 0 aromatic carbocycles. The Bertz CT molecular complexity index is 387. The zero-order valence-electron chi connectivity index (χ0n) is 9.85. The summed E-state index contributed by atoms with van der Waals surface area (Å²) in [7, 11) is 1.85. The van der Waals surface area contributed by atoms with E-state index >= 15 is 0 Å². The highest BCUT2D eigenvalue weighted by Gasteiger charge is 2.04. The maximum Gasteiger partial charge on any atom is 0.303 e. The van der Waals surface area contributed by atoms with Crippen molar-refractivity contribution in [3.05, 3.63) is 18.0 Å². The summed E-state index contributed by atoms with van der Waals surface area (Å²) < 4.78 is 1.76. The first-order chi connectivity index (χ1) is 8.09. The molecular formula is C11H17N3O3. The van der Waals surface area contributed by atoms with E-state index in [9.17, 15) is 9.59 Å². The molecule has 1 aromatic heterocycles. The van der Waals surface area contributed by atoms with Crippen LogP contribution >= 0.6 is 0 Å². The van der Waals surface area contributed by atoms with E-state index in [1.165, 1.54) is 0 Å². The molecule has 1 aromatic rings. The Balaban J connectivity index is 2.12. The number of carboxylic acid groups (broad SMARTS) is 1. The number of rotatable bonds is 7. The van der Waals surface area contributed by atoms with Crippen molar-refractivity contribution in [2.75, 3.05) is 6.54 Å². The molecule has 0 aliphatic heterocycles. The van der Waals surface area contributed by atoms with Crippen LogP contribution in [0, 0.1) is 0 Å². The van der Waals surface area contributed by atoms with E-state index in [1.807, 2.05) is 13.1 Å². The number of hydrogen-bond donors (Lipinski definition) is 2. The van der Waals surface area contributed by atoms with Crippen LogP contribution in [0.4, 0.5) is 0 Å². The van der Waals surface area contributed by atoms with Crippen LogP contribution < -0.4 is 5.32 Å². The molecule has 0 bridgehead atoms. The maximum absolute atomic E-state index is 11.3. The molecule has 0 aliphatic rings. The van der Waals surface area contributed by atoms with Gasteiger partial charge in [-0.3, -0.25) is 14.3 Å². The van der Waals surface area contributed by atoms with Crippen molar-refractivity contribution in [3.63, 3.8) is 0 Å². The van der Waals surface area contributed by atoms with Gasteiger partial charge >= 0.3 is 5.97 Å². The fourth-order valence-electron chi connectivity index (χ4n) is 1.47. The van der Waals surface area contributed by atoms with E-state index in [-0.39, 0.29) is 18.7 Å². The summed E-state index contributed by atoms with van der Waals surface area (Å²) in [6, 6.07) is 1.90. The topological polar surface area (TPSA) is 84.2 Å². The molecule has 0 spiro atoms. The van der Waals surface area contributed by atoms with E-state index in [0.29, 0.717) is 13.0 Å². The Kier molecular flexibility index (Phi) is 5.19. The monoisotopic (exact) mass is 239 g/mol. The van der Waals surface area contributed by atoms with Gasteiger partial charge in [0, 0.05) is 44.7 Å². The number of aliphatic carboxylic acids is 1. The lowest BCUT2D eigenvalue weighted by Gasteiger charge is -2.04. The molecule has 0 fully saturated rings. The molecule has 0 atom stereocenters. The second-order valence-electron chi connectivity index (χ2n) is 3.79. The third-order valence-corrected chi connectivity index (χ3v) is 2.42. The summed E-state index contributed by atoms with van der Waals surface area (Å²) in [5.74, 6) is -0.971. The van der Waals surface area contributed by atoms with Crippen molar-refractivity contribution in [1.29, 1.82) is 0 Å². The summed E-state index contributed by atoms with van der Waals surface area (Å²) in [6.07, 6.45) is 3.12. The number of carboxylic acids is 1. The van der Waals surface area contributed by atoms with E-state index in [4.69, 9.17) is 5.11 Å². The molecule has 0 aliphatic carbocycles. The van der Waals surface area contributed by atoms with E-state index in [1.54, 1.807) is 10.9 Å². The summed E-state index contributed by atoms with van der Waals surface area (Å²) >= 11 is 0. The first-order valence-electron chi connectivity index (χ1n) is 5.55. The highest BCUT2D eigenvalue weighted by molar-refractivity contribution is 5.76. The number of nitrogens with one attached hydrogen (secondary N) is 1. The molecule has 17 heavy (non-hydrogen) atoms. The summed E-state index contributed by atoms with van der Waals surface area (Å²) in [4.78, 5) is 21.6. The number of hydrogen-bond acceptors (Lipinski definition) is 3. The SMILES string of the molecule is Cn1nccc1CCNC(=O)CCCC(=O)O. The van der Waals surface area contributed by atoms with E-state index in [2.05, 4.69) is 10.4 Å². The highest BCUT2D eigenvalue weighted by Crippen LogP contribution is 1.97. The van der Waals surface area contributed by atoms with Crippen LogP contribution in [0.2, 0.25) is 0 Å². The zero-order chi connectivity index (χ0) is 12.7. The van der Waals surface area contributed by atoms with Gasteiger partial charge in [-0.2, -0.15) is 5.10 Å². The first-order valence-corrected chi connectivity index (χ1v) is 5.55. The Morgan fingerprint density at radius 2 is 2.24 bits per heavy atom. The van der Waals surface area contributed by atoms with E-state index in [0.717, 1.165) is 12.1 Å². The molecule has 1 heterocycles. The molecule has 1 rings (SSSR count). The minimum absolute atomic E-state index is 0.0369. The third-order valence-electron chi connectivity index (χ3n) is 2.42. The predicted molar refractivity (Wildman–Crippen MR) is 61.4 cm³/mol. The first kappa shape index (κ1) is 13.2. The molecule has 2 N–H and O–H groups in total. The van der Waals surface area contributed by atoms with Crippen LogP contribution in [0.25, 0.3) is 0 Å².